The van der Waals surface area contributed by atoms with E-state index in [1.165, 1.54) is 0 Å². The minimum Gasteiger partial charge on any atom is -0.292 e. The number of ketones is 1. The van der Waals surface area contributed by atoms with Gasteiger partial charge >= 0.3 is 0 Å². The molecule has 94 valence electrons. The molecule has 0 bridgehead atoms. The van der Waals surface area contributed by atoms with Gasteiger partial charge in [-0.1, -0.05) is 6.92 Å². The lowest BCUT2D eigenvalue weighted by atomic mass is 10.1. The van der Waals surface area contributed by atoms with Crippen LogP contribution < -0.4 is 0 Å². The van der Waals surface area contributed by atoms with Crippen molar-refractivity contribution < 1.29 is 13.2 Å². The number of rotatable bonds is 6. The van der Waals surface area contributed by atoms with Crippen LogP contribution in [-0.2, 0) is 9.84 Å². The minimum absolute atomic E-state index is 0.0613. The Morgan fingerprint density at radius 3 is 2.65 bits per heavy atom. The Labute approximate surface area is 109 Å². The molecule has 0 aromatic carbocycles. The highest BCUT2D eigenvalue weighted by Gasteiger charge is 2.11. The zero-order chi connectivity index (χ0) is 12.9. The summed E-state index contributed by atoms with van der Waals surface area (Å²) in [5.41, 5.74) is 0.377. The number of aromatic nitrogens is 1. The van der Waals surface area contributed by atoms with Crippen molar-refractivity contribution in [3.8, 4) is 0 Å². The van der Waals surface area contributed by atoms with Gasteiger partial charge < -0.3 is 0 Å². The third-order valence-corrected chi connectivity index (χ3v) is 4.57. The first kappa shape index (κ1) is 14.3. The number of nitrogens with zero attached hydrogens (tertiary/aromatic N) is 1. The summed E-state index contributed by atoms with van der Waals surface area (Å²) in [4.78, 5) is 15.6. The summed E-state index contributed by atoms with van der Waals surface area (Å²) >= 11 is 3.23. The Hall–Kier alpha value is -0.750. The van der Waals surface area contributed by atoms with Crippen LogP contribution in [0.15, 0.2) is 22.8 Å². The third kappa shape index (κ3) is 4.95. The summed E-state index contributed by atoms with van der Waals surface area (Å²) in [6.45, 7) is 1.60. The smallest absolute Gasteiger partial charge is 0.181 e. The zero-order valence-corrected chi connectivity index (χ0v) is 11.9. The Morgan fingerprint density at radius 2 is 2.12 bits per heavy atom. The van der Waals surface area contributed by atoms with Crippen LogP contribution in [0.25, 0.3) is 0 Å². The van der Waals surface area contributed by atoms with Crippen LogP contribution in [0.1, 0.15) is 30.3 Å². The molecule has 1 heterocycles. The van der Waals surface area contributed by atoms with Crippen molar-refractivity contribution >= 4 is 31.6 Å². The normalized spacial score (nSPS) is 11.4. The quantitative estimate of drug-likeness (QED) is 0.754. The summed E-state index contributed by atoms with van der Waals surface area (Å²) in [7, 11) is -2.98. The van der Waals surface area contributed by atoms with Gasteiger partial charge in [-0.3, -0.25) is 9.78 Å². The fraction of sp³-hybridized carbons (Fsp3) is 0.455. The number of pyridine rings is 1. The van der Waals surface area contributed by atoms with Crippen molar-refractivity contribution in [1.82, 2.24) is 4.98 Å². The topological polar surface area (TPSA) is 64.1 Å². The average molecular weight is 320 g/mol. The van der Waals surface area contributed by atoms with Gasteiger partial charge in [0.15, 0.2) is 5.78 Å². The van der Waals surface area contributed by atoms with Crippen LogP contribution in [-0.4, -0.2) is 30.7 Å². The summed E-state index contributed by atoms with van der Waals surface area (Å²) < 4.78 is 23.3. The van der Waals surface area contributed by atoms with Gasteiger partial charge in [-0.25, -0.2) is 8.42 Å². The molecule has 0 amide bonds. The molecule has 0 N–H and O–H groups in total. The number of carbonyl (C=O) groups is 1. The number of sulfone groups is 1. The largest absolute Gasteiger partial charge is 0.292 e. The highest BCUT2D eigenvalue weighted by atomic mass is 79.9. The van der Waals surface area contributed by atoms with Gasteiger partial charge in [0, 0.05) is 22.8 Å². The van der Waals surface area contributed by atoms with E-state index >= 15 is 0 Å². The molecule has 0 aliphatic rings. The number of Topliss-reactive ketones (excluding diaryl/α,β-unsaturated/α-hetero) is 1. The predicted molar refractivity (Wildman–Crippen MR) is 69.8 cm³/mol. The average Bonchev–Trinajstić information content (AvgIpc) is 2.29. The van der Waals surface area contributed by atoms with E-state index in [9.17, 15) is 13.2 Å². The minimum atomic E-state index is -2.98. The molecule has 0 fully saturated rings. The molecule has 0 spiro atoms. The molecule has 0 atom stereocenters. The molecular formula is C11H14BrNO3S. The maximum atomic E-state index is 11.7. The molecule has 1 aromatic rings. The van der Waals surface area contributed by atoms with Crippen LogP contribution >= 0.6 is 15.9 Å². The molecular weight excluding hydrogens is 306 g/mol. The van der Waals surface area contributed by atoms with Gasteiger partial charge in [0.05, 0.1) is 5.75 Å². The van der Waals surface area contributed by atoms with E-state index in [4.69, 9.17) is 0 Å². The SMILES string of the molecule is CCS(=O)(=O)CCCC(=O)c1ccc(Br)cn1. The Bertz CT molecular complexity index is 482. The molecule has 17 heavy (non-hydrogen) atoms. The molecule has 0 saturated heterocycles. The number of halogens is 1. The first-order valence-electron chi connectivity index (χ1n) is 5.30. The van der Waals surface area contributed by atoms with Crippen molar-refractivity contribution in [3.05, 3.63) is 28.5 Å². The standard InChI is InChI=1S/C11H14BrNO3S/c1-2-17(15,16)7-3-4-11(14)10-6-5-9(12)8-13-10/h5-6,8H,2-4,7H2,1H3. The lowest BCUT2D eigenvalue weighted by Crippen LogP contribution is -2.11. The van der Waals surface area contributed by atoms with Gasteiger partial charge in [-0.05, 0) is 34.5 Å². The van der Waals surface area contributed by atoms with Gasteiger partial charge in [-0.2, -0.15) is 0 Å². The van der Waals surface area contributed by atoms with Crippen molar-refractivity contribution in [1.29, 1.82) is 0 Å². The van der Waals surface area contributed by atoms with E-state index in [1.807, 2.05) is 0 Å². The Morgan fingerprint density at radius 1 is 1.41 bits per heavy atom. The van der Waals surface area contributed by atoms with Gasteiger partial charge in [0.25, 0.3) is 0 Å². The van der Waals surface area contributed by atoms with E-state index in [1.54, 1.807) is 25.3 Å². The molecule has 0 radical (unpaired) electrons. The van der Waals surface area contributed by atoms with Crippen LogP contribution in [0.2, 0.25) is 0 Å². The van der Waals surface area contributed by atoms with Gasteiger partial charge in [0.1, 0.15) is 15.5 Å². The third-order valence-electron chi connectivity index (χ3n) is 2.31. The second-order valence-corrected chi connectivity index (χ2v) is 7.01. The lowest BCUT2D eigenvalue weighted by Gasteiger charge is -2.01. The van der Waals surface area contributed by atoms with Crippen molar-refractivity contribution in [3.63, 3.8) is 0 Å². The molecule has 0 saturated carbocycles. The summed E-state index contributed by atoms with van der Waals surface area (Å²) in [6.07, 6.45) is 2.12. The summed E-state index contributed by atoms with van der Waals surface area (Å²) in [5.74, 6) is 0.0625. The monoisotopic (exact) mass is 319 g/mol. The fourth-order valence-corrected chi connectivity index (χ4v) is 2.37. The molecule has 1 rings (SSSR count). The second-order valence-electron chi connectivity index (χ2n) is 3.62. The van der Waals surface area contributed by atoms with Crippen molar-refractivity contribution in [2.75, 3.05) is 11.5 Å². The van der Waals surface area contributed by atoms with Crippen LogP contribution in [0.4, 0.5) is 0 Å². The molecule has 1 aromatic heterocycles. The Kier molecular flexibility index (Phi) is 5.27. The maximum absolute atomic E-state index is 11.7. The van der Waals surface area contributed by atoms with Crippen molar-refractivity contribution in [2.45, 2.75) is 19.8 Å². The predicted octanol–water partition coefficient (Wildman–Crippen LogP) is 2.24. The molecule has 0 unspecified atom stereocenters. The number of hydrogen-bond donors (Lipinski definition) is 0. The molecule has 0 aliphatic heterocycles. The molecule has 4 nitrogen and oxygen atoms in total. The number of carbonyl (C=O) groups excluding carboxylic acids is 1. The van der Waals surface area contributed by atoms with E-state index in [0.717, 1.165) is 4.47 Å². The van der Waals surface area contributed by atoms with E-state index in [2.05, 4.69) is 20.9 Å². The first-order valence-corrected chi connectivity index (χ1v) is 7.91. The number of hydrogen-bond acceptors (Lipinski definition) is 4. The zero-order valence-electron chi connectivity index (χ0n) is 9.52. The van der Waals surface area contributed by atoms with Crippen LogP contribution in [0, 0.1) is 0 Å². The maximum Gasteiger partial charge on any atom is 0.181 e. The van der Waals surface area contributed by atoms with E-state index in [-0.39, 0.29) is 23.7 Å². The van der Waals surface area contributed by atoms with E-state index < -0.39 is 9.84 Å². The molecule has 6 heteroatoms. The van der Waals surface area contributed by atoms with Crippen LogP contribution in [0.3, 0.4) is 0 Å². The highest BCUT2D eigenvalue weighted by molar-refractivity contribution is 9.10. The van der Waals surface area contributed by atoms with Crippen LogP contribution in [0.5, 0.6) is 0 Å². The highest BCUT2D eigenvalue weighted by Crippen LogP contribution is 2.10. The van der Waals surface area contributed by atoms with E-state index in [0.29, 0.717) is 12.1 Å². The van der Waals surface area contributed by atoms with Gasteiger partial charge in [0.2, 0.25) is 0 Å². The lowest BCUT2D eigenvalue weighted by molar-refractivity contribution is 0.0977. The summed E-state index contributed by atoms with van der Waals surface area (Å²) in [6, 6.07) is 3.36. The molecule has 0 aliphatic carbocycles. The fourth-order valence-electron chi connectivity index (χ4n) is 1.27. The van der Waals surface area contributed by atoms with Gasteiger partial charge in [-0.15, -0.1) is 0 Å². The second kappa shape index (κ2) is 6.26. The first-order chi connectivity index (χ1) is 7.94. The summed E-state index contributed by atoms with van der Waals surface area (Å²) in [5, 5.41) is 0. The van der Waals surface area contributed by atoms with Crippen molar-refractivity contribution in [2.24, 2.45) is 0 Å². The Balaban J connectivity index is 2.48.